The quantitative estimate of drug-likeness (QED) is 0.492. The van der Waals surface area contributed by atoms with Crippen molar-refractivity contribution in [2.75, 3.05) is 6.26 Å². The molecule has 5 nitrogen and oxygen atoms in total. The molecule has 2 aromatic heterocycles. The summed E-state index contributed by atoms with van der Waals surface area (Å²) in [6, 6.07) is 12.9. The number of hydrogen-bond acceptors (Lipinski definition) is 4. The van der Waals surface area contributed by atoms with Gasteiger partial charge < -0.3 is 4.42 Å². The molecule has 0 saturated carbocycles. The summed E-state index contributed by atoms with van der Waals surface area (Å²) in [4.78, 5) is 0.182. The number of fused-ring (bicyclic) bond motifs is 3. The van der Waals surface area contributed by atoms with Crippen LogP contribution < -0.4 is 0 Å². The maximum absolute atomic E-state index is 13.4. The van der Waals surface area contributed by atoms with E-state index in [0.717, 1.165) is 37.1 Å². The Kier molecular flexibility index (Phi) is 4.10. The average Bonchev–Trinajstić information content (AvgIpc) is 3.25. The predicted octanol–water partition coefficient (Wildman–Crippen LogP) is 4.68. The molecule has 0 radical (unpaired) electrons. The van der Waals surface area contributed by atoms with Gasteiger partial charge in [0.15, 0.2) is 9.84 Å². The number of nitrogens with zero attached hydrogens (tertiary/aromatic N) is 2. The largest absolute Gasteiger partial charge is 0.441 e. The van der Waals surface area contributed by atoms with Crippen molar-refractivity contribution in [3.63, 3.8) is 0 Å². The average molecular weight is 410 g/mol. The molecule has 7 heteroatoms. The summed E-state index contributed by atoms with van der Waals surface area (Å²) in [6.45, 7) is 0. The second kappa shape index (κ2) is 6.56. The summed E-state index contributed by atoms with van der Waals surface area (Å²) < 4.78 is 46.6. The molecular weight excluding hydrogens is 391 g/mol. The van der Waals surface area contributed by atoms with Crippen molar-refractivity contribution in [1.29, 1.82) is 0 Å². The van der Waals surface area contributed by atoms with Gasteiger partial charge in [0.1, 0.15) is 11.6 Å². The van der Waals surface area contributed by atoms with Crippen molar-refractivity contribution in [2.24, 2.45) is 0 Å². The first kappa shape index (κ1) is 18.1. The van der Waals surface area contributed by atoms with E-state index in [4.69, 9.17) is 4.42 Å². The Bertz CT molecular complexity index is 1330. The van der Waals surface area contributed by atoms with Crippen molar-refractivity contribution in [3.8, 4) is 22.4 Å². The lowest BCUT2D eigenvalue weighted by atomic mass is 10.0. The highest BCUT2D eigenvalue weighted by atomic mass is 32.2. The van der Waals surface area contributed by atoms with Crippen LogP contribution in [-0.2, 0) is 22.7 Å². The smallest absolute Gasteiger partial charge is 0.222 e. The molecule has 0 fully saturated rings. The number of oxazole rings is 1. The number of rotatable bonds is 3. The lowest BCUT2D eigenvalue weighted by molar-refractivity contribution is 0.506. The molecule has 0 aliphatic heterocycles. The number of sulfone groups is 1. The lowest BCUT2D eigenvalue weighted by Gasteiger charge is -2.13. The highest BCUT2D eigenvalue weighted by Gasteiger charge is 2.25. The molecule has 0 bridgehead atoms. The fraction of sp³-hybridized carbons (Fsp3) is 0.227. The molecule has 29 heavy (non-hydrogen) atoms. The van der Waals surface area contributed by atoms with Gasteiger partial charge >= 0.3 is 0 Å². The van der Waals surface area contributed by atoms with Gasteiger partial charge in [0.2, 0.25) is 5.71 Å². The van der Waals surface area contributed by atoms with E-state index >= 15 is 0 Å². The lowest BCUT2D eigenvalue weighted by Crippen LogP contribution is -2.05. The van der Waals surface area contributed by atoms with Crippen LogP contribution in [0.3, 0.4) is 0 Å². The van der Waals surface area contributed by atoms with Crippen molar-refractivity contribution in [1.82, 2.24) is 9.61 Å². The van der Waals surface area contributed by atoms with Gasteiger partial charge in [0, 0.05) is 29.9 Å². The standard InChI is InChI=1S/C22H19FN2O3S/c1-29(26,27)22-16(14-9-11-15(23)12-10-14)5-4-6-17(22)18-13-21-25(24-18)19-7-2-3-8-20(19)28-21/h4-6,9-13H,2-3,7-8H2,1H3. The minimum absolute atomic E-state index is 0.182. The zero-order chi connectivity index (χ0) is 20.2. The Balaban J connectivity index is 1.73. The van der Waals surface area contributed by atoms with E-state index in [9.17, 15) is 12.8 Å². The van der Waals surface area contributed by atoms with Crippen LogP contribution in [0.15, 0.2) is 57.8 Å². The van der Waals surface area contributed by atoms with Gasteiger partial charge in [-0.1, -0.05) is 30.3 Å². The van der Waals surface area contributed by atoms with Crippen LogP contribution in [0.25, 0.3) is 28.1 Å². The van der Waals surface area contributed by atoms with E-state index in [-0.39, 0.29) is 10.7 Å². The van der Waals surface area contributed by atoms with Crippen LogP contribution >= 0.6 is 0 Å². The zero-order valence-electron chi connectivity index (χ0n) is 15.9. The van der Waals surface area contributed by atoms with Gasteiger partial charge in [-0.25, -0.2) is 17.3 Å². The van der Waals surface area contributed by atoms with Gasteiger partial charge in [0.05, 0.1) is 16.3 Å². The fourth-order valence-corrected chi connectivity index (χ4v) is 5.24. The number of halogens is 1. The third-order valence-electron chi connectivity index (χ3n) is 5.37. The molecule has 2 heterocycles. The van der Waals surface area contributed by atoms with Crippen molar-refractivity contribution in [3.05, 3.63) is 65.8 Å². The van der Waals surface area contributed by atoms with Gasteiger partial charge in [-0.15, -0.1) is 0 Å². The highest BCUT2D eigenvalue weighted by molar-refractivity contribution is 7.91. The Labute approximate surface area is 167 Å². The second-order valence-corrected chi connectivity index (χ2v) is 9.37. The Hall–Kier alpha value is -2.93. The van der Waals surface area contributed by atoms with Gasteiger partial charge in [0.25, 0.3) is 0 Å². The van der Waals surface area contributed by atoms with Crippen molar-refractivity contribution >= 4 is 15.6 Å². The summed E-state index contributed by atoms with van der Waals surface area (Å²) in [5.74, 6) is 0.596. The Morgan fingerprint density at radius 3 is 2.52 bits per heavy atom. The Morgan fingerprint density at radius 1 is 1.03 bits per heavy atom. The third-order valence-corrected chi connectivity index (χ3v) is 6.55. The van der Waals surface area contributed by atoms with E-state index in [1.807, 2.05) is 0 Å². The fourth-order valence-electron chi connectivity index (χ4n) is 4.08. The molecular formula is C22H19FN2O3S. The second-order valence-electron chi connectivity index (χ2n) is 7.42. The molecule has 0 saturated heterocycles. The molecule has 4 aromatic rings. The SMILES string of the molecule is CS(=O)(=O)c1c(-c2ccc(F)cc2)cccc1-c1cc2oc3c(n2n1)CCCC3. The monoisotopic (exact) mass is 410 g/mol. The first-order valence-corrected chi connectivity index (χ1v) is 11.4. The highest BCUT2D eigenvalue weighted by Crippen LogP contribution is 2.37. The summed E-state index contributed by atoms with van der Waals surface area (Å²) >= 11 is 0. The molecule has 0 atom stereocenters. The van der Waals surface area contributed by atoms with Crippen LogP contribution in [0.1, 0.15) is 24.3 Å². The number of benzene rings is 2. The van der Waals surface area contributed by atoms with Gasteiger partial charge in [-0.2, -0.15) is 5.10 Å². The summed E-state index contributed by atoms with van der Waals surface area (Å²) in [7, 11) is -3.58. The Morgan fingerprint density at radius 2 is 1.76 bits per heavy atom. The first-order valence-electron chi connectivity index (χ1n) is 9.51. The zero-order valence-corrected chi connectivity index (χ0v) is 16.7. The number of aryl methyl sites for hydroxylation is 2. The van der Waals surface area contributed by atoms with Gasteiger partial charge in [-0.05, 0) is 37.0 Å². The molecule has 2 aromatic carbocycles. The summed E-state index contributed by atoms with van der Waals surface area (Å²) in [5.41, 5.74) is 3.90. The predicted molar refractivity (Wildman–Crippen MR) is 108 cm³/mol. The van der Waals surface area contributed by atoms with E-state index in [0.29, 0.717) is 28.1 Å². The van der Waals surface area contributed by atoms with Crippen LogP contribution in [0.5, 0.6) is 0 Å². The molecule has 0 unspecified atom stereocenters. The normalized spacial score (nSPS) is 14.3. The van der Waals surface area contributed by atoms with E-state index < -0.39 is 9.84 Å². The molecule has 0 N–H and O–H groups in total. The summed E-state index contributed by atoms with van der Waals surface area (Å²) in [5, 5.41) is 4.68. The van der Waals surface area contributed by atoms with E-state index in [1.54, 1.807) is 40.9 Å². The molecule has 1 aliphatic rings. The van der Waals surface area contributed by atoms with Crippen molar-refractivity contribution < 1.29 is 17.2 Å². The van der Waals surface area contributed by atoms with Crippen LogP contribution in [0.4, 0.5) is 4.39 Å². The molecule has 0 spiro atoms. The maximum atomic E-state index is 13.4. The van der Waals surface area contributed by atoms with E-state index in [2.05, 4.69) is 5.10 Å². The topological polar surface area (TPSA) is 64.6 Å². The molecule has 0 amide bonds. The van der Waals surface area contributed by atoms with Crippen LogP contribution in [0.2, 0.25) is 0 Å². The van der Waals surface area contributed by atoms with E-state index in [1.165, 1.54) is 18.4 Å². The minimum Gasteiger partial charge on any atom is -0.441 e. The minimum atomic E-state index is -3.58. The maximum Gasteiger partial charge on any atom is 0.222 e. The van der Waals surface area contributed by atoms with Gasteiger partial charge in [-0.3, -0.25) is 0 Å². The first-order chi connectivity index (χ1) is 13.9. The molecule has 148 valence electrons. The molecule has 1 aliphatic carbocycles. The number of aromatic nitrogens is 2. The third kappa shape index (κ3) is 3.06. The molecule has 5 rings (SSSR count). The van der Waals surface area contributed by atoms with Crippen LogP contribution in [-0.4, -0.2) is 24.3 Å². The summed E-state index contributed by atoms with van der Waals surface area (Å²) in [6.07, 6.45) is 5.18. The van der Waals surface area contributed by atoms with Crippen molar-refractivity contribution in [2.45, 2.75) is 30.6 Å². The number of hydrogen-bond donors (Lipinski definition) is 0. The van der Waals surface area contributed by atoms with Crippen LogP contribution in [0, 0.1) is 5.82 Å².